The summed E-state index contributed by atoms with van der Waals surface area (Å²) < 4.78 is 63.7. The zero-order valence-corrected chi connectivity index (χ0v) is 32.6. The Morgan fingerprint density at radius 1 is 0.920 bits per heavy atom. The zero-order chi connectivity index (χ0) is 37.8. The van der Waals surface area contributed by atoms with E-state index in [0.717, 1.165) is 5.69 Å². The van der Waals surface area contributed by atoms with Crippen LogP contribution in [-0.4, -0.2) is 62.8 Å². The van der Waals surface area contributed by atoms with Crippen LogP contribution in [0.4, 0.5) is 15.0 Å². The normalized spacial score (nSPS) is 14.0. The molecule has 0 saturated carbocycles. The van der Waals surface area contributed by atoms with Crippen LogP contribution in [0.1, 0.15) is 94.3 Å². The van der Waals surface area contributed by atoms with Crippen molar-refractivity contribution in [1.82, 2.24) is 20.4 Å². The molecule has 0 aliphatic carbocycles. The van der Waals surface area contributed by atoms with Gasteiger partial charge in [-0.15, -0.1) is 0 Å². The van der Waals surface area contributed by atoms with Gasteiger partial charge >= 0.3 is 13.9 Å². The molecular formula is C35H53FN5O8P. The van der Waals surface area contributed by atoms with Crippen molar-refractivity contribution in [1.29, 1.82) is 0 Å². The number of phosphoric acid groups is 1. The highest BCUT2D eigenvalue weighted by atomic mass is 31.2. The number of amides is 1. The standard InChI is InChI=1S/C35H53FN5O8P/c1-20(2)37-29-17-24(16-22(4)38-29)31-40-30(41-46-31)25-18-26(36)28(15-21(25)3)44-19-27(39-32(42)45-33(6,7)8)23(5)47-50(43,48-34(9,10)11)49-35(12,13)14/h15-18,20,23,27H,19H2,1-14H3,(H,37,38)(H,39,42)/t23-,27+/m1/s1. The highest BCUT2D eigenvalue weighted by Gasteiger charge is 2.41. The van der Waals surface area contributed by atoms with Crippen molar-refractivity contribution < 1.29 is 41.3 Å². The number of carbonyl (C=O) groups is 1. The number of alkyl carbamates (subject to hydrolysis) is 1. The zero-order valence-electron chi connectivity index (χ0n) is 31.7. The van der Waals surface area contributed by atoms with Gasteiger partial charge < -0.3 is 24.6 Å². The fourth-order valence-corrected chi connectivity index (χ4v) is 6.58. The molecule has 0 radical (unpaired) electrons. The highest BCUT2D eigenvalue weighted by molar-refractivity contribution is 7.48. The number of halogens is 1. The summed E-state index contributed by atoms with van der Waals surface area (Å²) in [6, 6.07) is 5.57. The molecule has 0 bridgehead atoms. The Morgan fingerprint density at radius 3 is 2.10 bits per heavy atom. The van der Waals surface area contributed by atoms with Crippen LogP contribution < -0.4 is 15.4 Å². The van der Waals surface area contributed by atoms with Crippen LogP contribution in [0, 0.1) is 19.7 Å². The minimum Gasteiger partial charge on any atom is -0.488 e. The molecule has 2 N–H and O–H groups in total. The lowest BCUT2D eigenvalue weighted by molar-refractivity contribution is -0.0183. The number of hydrogen-bond donors (Lipinski definition) is 2. The van der Waals surface area contributed by atoms with E-state index in [2.05, 4.69) is 25.8 Å². The summed E-state index contributed by atoms with van der Waals surface area (Å²) >= 11 is 0. The van der Waals surface area contributed by atoms with Crippen molar-refractivity contribution in [2.24, 2.45) is 0 Å². The maximum Gasteiger partial charge on any atom is 0.476 e. The second-order valence-corrected chi connectivity index (χ2v) is 16.9. The van der Waals surface area contributed by atoms with Gasteiger partial charge in [0.05, 0.1) is 23.3 Å². The summed E-state index contributed by atoms with van der Waals surface area (Å²) in [5.74, 6) is 0.306. The molecule has 0 unspecified atom stereocenters. The number of hydrogen-bond acceptors (Lipinski definition) is 12. The van der Waals surface area contributed by atoms with Gasteiger partial charge in [0.15, 0.2) is 11.6 Å². The number of pyridine rings is 1. The van der Waals surface area contributed by atoms with Gasteiger partial charge in [0.25, 0.3) is 5.89 Å². The number of aryl methyl sites for hydroxylation is 2. The lowest BCUT2D eigenvalue weighted by atomic mass is 10.1. The molecule has 0 spiro atoms. The number of benzene rings is 1. The predicted octanol–water partition coefficient (Wildman–Crippen LogP) is 8.79. The summed E-state index contributed by atoms with van der Waals surface area (Å²) in [6.07, 6.45) is -1.78. The van der Waals surface area contributed by atoms with Crippen LogP contribution in [0.25, 0.3) is 22.8 Å². The van der Waals surface area contributed by atoms with Gasteiger partial charge in [0.2, 0.25) is 5.82 Å². The smallest absolute Gasteiger partial charge is 0.476 e. The number of phosphoric ester groups is 1. The monoisotopic (exact) mass is 721 g/mol. The summed E-state index contributed by atoms with van der Waals surface area (Å²) in [4.78, 5) is 21.8. The minimum atomic E-state index is -4.19. The molecule has 1 aromatic carbocycles. The Labute approximate surface area is 295 Å². The molecule has 0 aliphatic rings. The maximum atomic E-state index is 15.6. The summed E-state index contributed by atoms with van der Waals surface area (Å²) in [7, 11) is -4.19. The molecule has 3 aromatic rings. The fourth-order valence-electron chi connectivity index (χ4n) is 4.56. The first-order valence-electron chi connectivity index (χ1n) is 16.5. The number of carbonyl (C=O) groups excluding carboxylic acids is 1. The molecule has 0 aliphatic heterocycles. The van der Waals surface area contributed by atoms with E-state index in [1.165, 1.54) is 12.1 Å². The molecule has 278 valence electrons. The third-order valence-corrected chi connectivity index (χ3v) is 8.47. The second kappa shape index (κ2) is 15.8. The number of rotatable bonds is 13. The van der Waals surface area contributed by atoms with Gasteiger partial charge in [0, 0.05) is 22.9 Å². The highest BCUT2D eigenvalue weighted by Crippen LogP contribution is 2.56. The molecule has 2 aromatic heterocycles. The molecular weight excluding hydrogens is 668 g/mol. The van der Waals surface area contributed by atoms with E-state index in [0.29, 0.717) is 22.5 Å². The number of ether oxygens (including phenoxy) is 2. The van der Waals surface area contributed by atoms with E-state index in [1.54, 1.807) is 76.2 Å². The Kier molecular flexibility index (Phi) is 12.9. The molecule has 2 heterocycles. The topological polar surface area (TPSA) is 156 Å². The van der Waals surface area contributed by atoms with Gasteiger partial charge in [-0.1, -0.05) is 5.16 Å². The van der Waals surface area contributed by atoms with Gasteiger partial charge in [0.1, 0.15) is 18.0 Å². The first-order chi connectivity index (χ1) is 22.8. The van der Waals surface area contributed by atoms with Crippen LogP contribution in [0.2, 0.25) is 0 Å². The van der Waals surface area contributed by atoms with E-state index in [4.69, 9.17) is 27.6 Å². The summed E-state index contributed by atoms with van der Waals surface area (Å²) in [6.45, 7) is 24.3. The van der Waals surface area contributed by atoms with Gasteiger partial charge in [-0.2, -0.15) is 4.98 Å². The maximum absolute atomic E-state index is 15.6. The SMILES string of the molecule is Cc1cc(-c2nc(-c3cc(F)c(OC[C@H](NC(=O)OC(C)(C)C)[C@@H](C)OP(=O)(OC(C)(C)C)OC(C)(C)C)cc3C)no2)cc(NC(C)C)n1. The number of nitrogens with one attached hydrogen (secondary N) is 2. The molecule has 15 heteroatoms. The number of nitrogens with zero attached hydrogens (tertiary/aromatic N) is 3. The average Bonchev–Trinajstić information content (AvgIpc) is 3.38. The van der Waals surface area contributed by atoms with Gasteiger partial charge in [-0.05, 0) is 127 Å². The van der Waals surface area contributed by atoms with Crippen molar-refractivity contribution in [3.63, 3.8) is 0 Å². The third-order valence-electron chi connectivity index (χ3n) is 6.34. The van der Waals surface area contributed by atoms with E-state index in [9.17, 15) is 9.36 Å². The van der Waals surface area contributed by atoms with Gasteiger partial charge in [-0.3, -0.25) is 13.6 Å². The quantitative estimate of drug-likeness (QED) is 0.162. The van der Waals surface area contributed by atoms with Crippen LogP contribution >= 0.6 is 7.82 Å². The predicted molar refractivity (Wildman–Crippen MR) is 190 cm³/mol. The molecule has 3 rings (SSSR count). The second-order valence-electron chi connectivity index (χ2n) is 15.4. The van der Waals surface area contributed by atoms with Crippen molar-refractivity contribution in [3.8, 4) is 28.6 Å². The Balaban J connectivity index is 1.87. The lowest BCUT2D eigenvalue weighted by Gasteiger charge is -2.34. The lowest BCUT2D eigenvalue weighted by Crippen LogP contribution is -2.48. The van der Waals surface area contributed by atoms with Crippen molar-refractivity contribution >= 4 is 19.7 Å². The van der Waals surface area contributed by atoms with Gasteiger partial charge in [-0.25, -0.2) is 18.7 Å². The Hall–Kier alpha value is -3.58. The first kappa shape index (κ1) is 40.8. The van der Waals surface area contributed by atoms with E-state index in [1.807, 2.05) is 32.9 Å². The van der Waals surface area contributed by atoms with Crippen molar-refractivity contribution in [2.45, 2.75) is 132 Å². The Bertz CT molecular complexity index is 1660. The van der Waals surface area contributed by atoms with Crippen molar-refractivity contribution in [3.05, 3.63) is 41.3 Å². The molecule has 50 heavy (non-hydrogen) atoms. The van der Waals surface area contributed by atoms with E-state index < -0.39 is 48.7 Å². The van der Waals surface area contributed by atoms with E-state index >= 15 is 4.39 Å². The van der Waals surface area contributed by atoms with Crippen LogP contribution in [0.3, 0.4) is 0 Å². The Morgan fingerprint density at radius 2 is 1.54 bits per heavy atom. The number of anilines is 1. The summed E-state index contributed by atoms with van der Waals surface area (Å²) in [5.41, 5.74) is -0.157. The van der Waals surface area contributed by atoms with Crippen molar-refractivity contribution in [2.75, 3.05) is 11.9 Å². The largest absolute Gasteiger partial charge is 0.488 e. The average molecular weight is 722 g/mol. The third kappa shape index (κ3) is 12.9. The molecule has 0 fully saturated rings. The molecule has 1 amide bonds. The minimum absolute atomic E-state index is 0.104. The van der Waals surface area contributed by atoms with E-state index in [-0.39, 0.29) is 30.1 Å². The summed E-state index contributed by atoms with van der Waals surface area (Å²) in [5, 5.41) is 10.1. The van der Waals surface area contributed by atoms with Crippen LogP contribution in [0.5, 0.6) is 5.75 Å². The van der Waals surface area contributed by atoms with Crippen LogP contribution in [-0.2, 0) is 22.9 Å². The molecule has 2 atom stereocenters. The molecule has 0 saturated heterocycles. The fraction of sp³-hybridized carbons (Fsp3) is 0.600. The first-order valence-corrected chi connectivity index (χ1v) is 18.0. The number of aromatic nitrogens is 3. The molecule has 13 nitrogen and oxygen atoms in total. The van der Waals surface area contributed by atoms with Crippen LogP contribution in [0.15, 0.2) is 28.8 Å².